The number of nitriles is 1. The van der Waals surface area contributed by atoms with Crippen LogP contribution in [-0.2, 0) is 39.2 Å². The van der Waals surface area contributed by atoms with E-state index in [0.717, 1.165) is 22.4 Å². The summed E-state index contributed by atoms with van der Waals surface area (Å²) in [5.74, 6) is 0. The average Bonchev–Trinajstić information content (AvgIpc) is 3.10. The summed E-state index contributed by atoms with van der Waals surface area (Å²) in [6.45, 7) is 2.12. The van der Waals surface area contributed by atoms with Crippen LogP contribution in [0.15, 0.2) is 73.1 Å². The van der Waals surface area contributed by atoms with Crippen molar-refractivity contribution in [2.75, 3.05) is 52.0 Å². The highest BCUT2D eigenvalue weighted by Crippen LogP contribution is 2.33. The van der Waals surface area contributed by atoms with E-state index in [9.17, 15) is 13.7 Å². The second-order valence-electron chi connectivity index (χ2n) is 9.48. The lowest BCUT2D eigenvalue weighted by Gasteiger charge is -2.35. The Morgan fingerprint density at radius 3 is 2.35 bits per heavy atom. The Kier molecular flexibility index (Phi) is 11.6. The topological polar surface area (TPSA) is 99.0 Å². The number of aromatic nitrogens is 1. The van der Waals surface area contributed by atoms with Crippen molar-refractivity contribution >= 4 is 15.9 Å². The summed E-state index contributed by atoms with van der Waals surface area (Å²) in [5.41, 5.74) is 4.26. The number of anilines is 1. The third-order valence-corrected chi connectivity index (χ3v) is 8.87. The van der Waals surface area contributed by atoms with Gasteiger partial charge in [-0.2, -0.15) is 22.3 Å². The first-order chi connectivity index (χ1) is 19.0. The van der Waals surface area contributed by atoms with Crippen molar-refractivity contribution in [1.82, 2.24) is 13.6 Å². The van der Waals surface area contributed by atoms with Crippen LogP contribution >= 0.6 is 0 Å². The molecular weight excluding hydrogens is 526 g/mol. The van der Waals surface area contributed by atoms with Gasteiger partial charge >= 0.3 is 0 Å². The minimum atomic E-state index is -3.94. The van der Waals surface area contributed by atoms with E-state index in [2.05, 4.69) is 16.0 Å². The van der Waals surface area contributed by atoms with Crippen LogP contribution in [0.25, 0.3) is 0 Å². The zero-order valence-electron chi connectivity index (χ0n) is 22.4. The van der Waals surface area contributed by atoms with E-state index in [4.69, 9.17) is 9.47 Å². The van der Waals surface area contributed by atoms with Crippen molar-refractivity contribution < 1.29 is 17.9 Å². The molecule has 0 saturated heterocycles. The van der Waals surface area contributed by atoms with Crippen LogP contribution in [0, 0.1) is 11.3 Å². The van der Waals surface area contributed by atoms with E-state index in [1.54, 1.807) is 36.9 Å². The lowest BCUT2D eigenvalue weighted by molar-refractivity contribution is 0.144. The van der Waals surface area contributed by atoms with Crippen molar-refractivity contribution in [2.24, 2.45) is 0 Å². The summed E-state index contributed by atoms with van der Waals surface area (Å²) < 4.78 is 42.2. The monoisotopic (exact) mass is 565 g/mol. The third-order valence-electron chi connectivity index (χ3n) is 6.84. The molecule has 1 aliphatic rings. The van der Waals surface area contributed by atoms with Crippen LogP contribution in [0.1, 0.15) is 29.7 Å². The first-order valence-electron chi connectivity index (χ1n) is 12.9. The lowest BCUT2D eigenvalue weighted by Crippen LogP contribution is -2.52. The first kappa shape index (κ1) is 31.2. The van der Waals surface area contributed by atoms with E-state index in [0.29, 0.717) is 25.1 Å². The summed E-state index contributed by atoms with van der Waals surface area (Å²) in [5, 5.41) is 9.63. The molecule has 0 bridgehead atoms. The number of fused-ring (bicyclic) bond motifs is 1. The molecule has 9 nitrogen and oxygen atoms in total. The second kappa shape index (κ2) is 14.9. The molecular formula is C30H39N5O4S. The number of pyridine rings is 1. The van der Waals surface area contributed by atoms with Gasteiger partial charge in [0.15, 0.2) is 0 Å². The molecule has 2 aromatic carbocycles. The summed E-state index contributed by atoms with van der Waals surface area (Å²) in [7, 11) is -0.821. The van der Waals surface area contributed by atoms with Crippen molar-refractivity contribution in [1.29, 1.82) is 5.26 Å². The largest absolute Gasteiger partial charge is 0.383 e. The van der Waals surface area contributed by atoms with Gasteiger partial charge in [-0.1, -0.05) is 43.8 Å². The number of hydrogen-bond acceptors (Lipinski definition) is 7. The van der Waals surface area contributed by atoms with Crippen molar-refractivity contribution in [3.8, 4) is 6.07 Å². The quantitative estimate of drug-likeness (QED) is 0.329. The van der Waals surface area contributed by atoms with Gasteiger partial charge in [0, 0.05) is 71.1 Å². The van der Waals surface area contributed by atoms with Gasteiger partial charge in [-0.15, -0.1) is 0 Å². The zero-order chi connectivity index (χ0) is 27.7. The molecule has 3 aromatic rings. The van der Waals surface area contributed by atoms with Gasteiger partial charge in [0.05, 0.1) is 24.8 Å². The molecule has 2 heterocycles. The normalized spacial score (nSPS) is 15.7. The minimum Gasteiger partial charge on any atom is -0.383 e. The maximum Gasteiger partial charge on any atom is 0.282 e. The molecule has 40 heavy (non-hydrogen) atoms. The smallest absolute Gasteiger partial charge is 0.282 e. The fraction of sp³-hybridized carbons (Fsp3) is 0.400. The van der Waals surface area contributed by atoms with Crippen LogP contribution in [0.4, 0.5) is 5.69 Å². The number of hydrogen-bond donors (Lipinski definition) is 0. The van der Waals surface area contributed by atoms with Crippen LogP contribution in [0.3, 0.4) is 0 Å². The molecule has 4 rings (SSSR count). The summed E-state index contributed by atoms with van der Waals surface area (Å²) >= 11 is 0. The Balaban J connectivity index is 0.00000441. The van der Waals surface area contributed by atoms with E-state index >= 15 is 0 Å². The van der Waals surface area contributed by atoms with E-state index in [1.165, 1.54) is 4.31 Å². The van der Waals surface area contributed by atoms with Gasteiger partial charge in [-0.25, -0.2) is 0 Å². The SMILES string of the molecule is C.COCCN(CCOC)S(=O)(=O)N1Cc2cc(C#N)ccc2N(Cc2cccnc2)C[C@H]1Cc1ccccc1. The molecule has 10 heteroatoms. The van der Waals surface area contributed by atoms with E-state index in [-0.39, 0.29) is 46.3 Å². The highest BCUT2D eigenvalue weighted by Gasteiger charge is 2.38. The first-order valence-corrected chi connectivity index (χ1v) is 14.3. The Labute approximate surface area is 238 Å². The highest BCUT2D eigenvalue weighted by atomic mass is 32.2. The van der Waals surface area contributed by atoms with Gasteiger partial charge in [-0.3, -0.25) is 4.98 Å². The molecule has 214 valence electrons. The van der Waals surface area contributed by atoms with Crippen molar-refractivity contribution in [3.05, 3.63) is 95.3 Å². The van der Waals surface area contributed by atoms with Crippen LogP contribution in [0.2, 0.25) is 0 Å². The molecule has 1 atom stereocenters. The lowest BCUT2D eigenvalue weighted by atomic mass is 10.1. The predicted molar refractivity (Wildman–Crippen MR) is 157 cm³/mol. The Hall–Kier alpha value is -3.33. The van der Waals surface area contributed by atoms with Gasteiger partial charge in [0.2, 0.25) is 0 Å². The molecule has 0 aliphatic carbocycles. The Morgan fingerprint density at radius 2 is 1.73 bits per heavy atom. The van der Waals surface area contributed by atoms with E-state index < -0.39 is 10.2 Å². The van der Waals surface area contributed by atoms with Crippen LogP contribution < -0.4 is 4.90 Å². The third kappa shape index (κ3) is 7.65. The van der Waals surface area contributed by atoms with Gasteiger partial charge in [-0.05, 0) is 47.4 Å². The number of methoxy groups -OCH3 is 2. The van der Waals surface area contributed by atoms with Crippen LogP contribution in [0.5, 0.6) is 0 Å². The maximum absolute atomic E-state index is 14.3. The fourth-order valence-electron chi connectivity index (χ4n) is 4.89. The Bertz CT molecular complexity index is 1340. The summed E-state index contributed by atoms with van der Waals surface area (Å²) in [4.78, 5) is 6.47. The molecule has 0 unspecified atom stereocenters. The standard InChI is InChI=1S/C29H35N5O4S.CH4/c1-37-15-13-33(14-16-38-2)39(35,36)34-22-27-17-25(19-30)10-11-29(27)32(21-26-9-6-12-31-20-26)23-28(34)18-24-7-4-3-5-8-24;/h3-12,17,20,28H,13-16,18,21-23H2,1-2H3;1H4/t28-;/m1./s1. The zero-order valence-corrected chi connectivity index (χ0v) is 23.3. The number of benzene rings is 2. The number of ether oxygens (including phenoxy) is 2. The molecule has 0 amide bonds. The molecule has 0 N–H and O–H groups in total. The summed E-state index contributed by atoms with van der Waals surface area (Å²) in [6, 6.07) is 21.2. The van der Waals surface area contributed by atoms with Crippen molar-refractivity contribution in [2.45, 2.75) is 33.0 Å². The highest BCUT2D eigenvalue weighted by molar-refractivity contribution is 7.86. The maximum atomic E-state index is 14.3. The minimum absolute atomic E-state index is 0. The van der Waals surface area contributed by atoms with Gasteiger partial charge in [0.1, 0.15) is 0 Å². The number of rotatable bonds is 12. The second-order valence-corrected chi connectivity index (χ2v) is 11.4. The molecule has 0 radical (unpaired) electrons. The molecule has 0 spiro atoms. The van der Waals surface area contributed by atoms with Gasteiger partial charge in [0.25, 0.3) is 10.2 Å². The molecule has 1 aromatic heterocycles. The molecule has 0 saturated carbocycles. The predicted octanol–water partition coefficient (Wildman–Crippen LogP) is 3.86. The molecule has 0 fully saturated rings. The Morgan fingerprint density at radius 1 is 1.02 bits per heavy atom. The summed E-state index contributed by atoms with van der Waals surface area (Å²) in [6.07, 6.45) is 4.09. The average molecular weight is 566 g/mol. The van der Waals surface area contributed by atoms with E-state index in [1.807, 2.05) is 54.7 Å². The van der Waals surface area contributed by atoms with Gasteiger partial charge < -0.3 is 14.4 Å². The van der Waals surface area contributed by atoms with Crippen LogP contribution in [-0.4, -0.2) is 75.1 Å². The fourth-order valence-corrected chi connectivity index (χ4v) is 6.62. The number of nitrogens with zero attached hydrogens (tertiary/aromatic N) is 5. The van der Waals surface area contributed by atoms with Crippen molar-refractivity contribution in [3.63, 3.8) is 0 Å². The molecule has 1 aliphatic heterocycles.